The van der Waals surface area contributed by atoms with Crippen LogP contribution in [-0.4, -0.2) is 34.4 Å². The Bertz CT molecular complexity index is 845. The first-order chi connectivity index (χ1) is 12.0. The van der Waals surface area contributed by atoms with Crippen LogP contribution in [0, 0.1) is 12.7 Å². The van der Waals surface area contributed by atoms with Gasteiger partial charge in [-0.25, -0.2) is 18.7 Å². The van der Waals surface area contributed by atoms with Gasteiger partial charge in [-0.1, -0.05) is 11.6 Å². The third-order valence-corrected chi connectivity index (χ3v) is 4.01. The Balaban J connectivity index is 1.77. The van der Waals surface area contributed by atoms with Crippen LogP contribution < -0.4 is 0 Å². The highest BCUT2D eigenvalue weighted by molar-refractivity contribution is 6.31. The van der Waals surface area contributed by atoms with Gasteiger partial charge in [0, 0.05) is 18.1 Å². The van der Waals surface area contributed by atoms with Gasteiger partial charge in [-0.05, 0) is 37.3 Å². The molecule has 0 bridgehead atoms. The zero-order valence-corrected chi connectivity index (χ0v) is 14.0. The van der Waals surface area contributed by atoms with E-state index in [2.05, 4.69) is 5.10 Å². The molecule has 1 atom stereocenters. The maximum absolute atomic E-state index is 13.0. The molecule has 0 amide bonds. The molecule has 1 aromatic carbocycles. The van der Waals surface area contributed by atoms with E-state index in [9.17, 15) is 14.0 Å². The van der Waals surface area contributed by atoms with Crippen LogP contribution in [0.2, 0.25) is 5.15 Å². The summed E-state index contributed by atoms with van der Waals surface area (Å²) in [6.45, 7) is 1.97. The van der Waals surface area contributed by atoms with Crippen LogP contribution in [0.5, 0.6) is 0 Å². The number of ether oxygens (including phenoxy) is 2. The molecular formula is C17H14ClFN2O4. The minimum Gasteiger partial charge on any atom is -0.463 e. The van der Waals surface area contributed by atoms with E-state index in [1.54, 1.807) is 19.1 Å². The summed E-state index contributed by atoms with van der Waals surface area (Å²) < 4.78 is 24.2. The first-order valence-electron chi connectivity index (χ1n) is 7.52. The fourth-order valence-electron chi connectivity index (χ4n) is 2.37. The number of cyclic esters (lactones) is 1. The van der Waals surface area contributed by atoms with Gasteiger partial charge in [0.1, 0.15) is 11.0 Å². The molecule has 1 fully saturated rings. The lowest BCUT2D eigenvalue weighted by atomic mass is 10.2. The number of hydrogen-bond acceptors (Lipinski definition) is 5. The molecule has 25 heavy (non-hydrogen) atoms. The maximum Gasteiger partial charge on any atom is 0.347 e. The molecular weight excluding hydrogens is 351 g/mol. The van der Waals surface area contributed by atoms with Crippen LogP contribution in [0.4, 0.5) is 4.39 Å². The second kappa shape index (κ2) is 7.06. The number of carbonyl (C=O) groups is 2. The van der Waals surface area contributed by atoms with Crippen molar-refractivity contribution in [2.24, 2.45) is 0 Å². The zero-order valence-electron chi connectivity index (χ0n) is 13.2. The van der Waals surface area contributed by atoms with E-state index in [0.717, 1.165) is 0 Å². The number of benzene rings is 1. The van der Waals surface area contributed by atoms with Crippen molar-refractivity contribution < 1.29 is 23.5 Å². The van der Waals surface area contributed by atoms with Crippen LogP contribution in [0.1, 0.15) is 17.7 Å². The van der Waals surface area contributed by atoms with E-state index < -0.39 is 18.0 Å². The predicted molar refractivity (Wildman–Crippen MR) is 87.8 cm³/mol. The molecule has 2 heterocycles. The van der Waals surface area contributed by atoms with Gasteiger partial charge in [0.05, 0.1) is 18.0 Å². The highest BCUT2D eigenvalue weighted by Crippen LogP contribution is 2.25. The molecule has 1 saturated heterocycles. The molecule has 0 radical (unpaired) electrons. The molecule has 0 N–H and O–H groups in total. The average molecular weight is 365 g/mol. The summed E-state index contributed by atoms with van der Waals surface area (Å²) in [4.78, 5) is 23.1. The second-order valence-electron chi connectivity index (χ2n) is 5.39. The quantitative estimate of drug-likeness (QED) is 0.616. The molecule has 0 saturated carbocycles. The van der Waals surface area contributed by atoms with Crippen molar-refractivity contribution in [1.82, 2.24) is 9.78 Å². The average Bonchev–Trinajstić information content (AvgIpc) is 3.10. The van der Waals surface area contributed by atoms with Crippen LogP contribution in [-0.2, 0) is 19.1 Å². The monoisotopic (exact) mass is 364 g/mol. The molecule has 0 aliphatic carbocycles. The summed E-state index contributed by atoms with van der Waals surface area (Å²) in [7, 11) is 0. The summed E-state index contributed by atoms with van der Waals surface area (Å²) in [6, 6.07) is 5.69. The van der Waals surface area contributed by atoms with E-state index in [1.165, 1.54) is 29.0 Å². The Morgan fingerprint density at radius 3 is 2.80 bits per heavy atom. The third-order valence-electron chi connectivity index (χ3n) is 3.65. The Labute approximate surface area is 147 Å². The molecule has 6 nitrogen and oxygen atoms in total. The van der Waals surface area contributed by atoms with E-state index in [1.807, 2.05) is 0 Å². The van der Waals surface area contributed by atoms with E-state index in [4.69, 9.17) is 21.1 Å². The highest BCUT2D eigenvalue weighted by Gasteiger charge is 2.29. The van der Waals surface area contributed by atoms with Crippen molar-refractivity contribution in [3.63, 3.8) is 0 Å². The Morgan fingerprint density at radius 2 is 2.16 bits per heavy atom. The third kappa shape index (κ3) is 3.71. The number of carbonyl (C=O) groups excluding carboxylic acids is 2. The van der Waals surface area contributed by atoms with E-state index in [0.29, 0.717) is 23.4 Å². The molecule has 1 aliphatic rings. The lowest BCUT2D eigenvalue weighted by Gasteiger charge is -2.05. The van der Waals surface area contributed by atoms with Crippen molar-refractivity contribution in [3.8, 4) is 5.69 Å². The number of hydrogen-bond donors (Lipinski definition) is 0. The highest BCUT2D eigenvalue weighted by atomic mass is 35.5. The summed E-state index contributed by atoms with van der Waals surface area (Å²) in [6.07, 6.45) is 2.13. The largest absolute Gasteiger partial charge is 0.463 e. The van der Waals surface area contributed by atoms with Crippen molar-refractivity contribution in [1.29, 1.82) is 0 Å². The SMILES string of the molecule is Cc1nn(-c2ccc(F)cc2)c(Cl)c1/C=C/C(=O)O[C@@H]1CCOC1=O. The minimum absolute atomic E-state index is 0.246. The maximum atomic E-state index is 13.0. The van der Waals surface area contributed by atoms with Crippen LogP contribution in [0.25, 0.3) is 11.8 Å². The van der Waals surface area contributed by atoms with Crippen LogP contribution in [0.3, 0.4) is 0 Å². The number of nitrogens with zero attached hydrogens (tertiary/aromatic N) is 2. The number of rotatable bonds is 4. The predicted octanol–water partition coefficient (Wildman–Crippen LogP) is 2.85. The van der Waals surface area contributed by atoms with Gasteiger partial charge in [0.2, 0.25) is 6.10 Å². The smallest absolute Gasteiger partial charge is 0.347 e. The molecule has 3 rings (SSSR count). The molecule has 2 aromatic rings. The fourth-order valence-corrected chi connectivity index (χ4v) is 2.70. The molecule has 0 unspecified atom stereocenters. The molecule has 130 valence electrons. The fraction of sp³-hybridized carbons (Fsp3) is 0.235. The Morgan fingerprint density at radius 1 is 1.44 bits per heavy atom. The Hall–Kier alpha value is -2.67. The summed E-state index contributed by atoms with van der Waals surface area (Å²) in [5.74, 6) is -1.58. The summed E-state index contributed by atoms with van der Waals surface area (Å²) >= 11 is 6.31. The summed E-state index contributed by atoms with van der Waals surface area (Å²) in [5, 5.41) is 4.56. The van der Waals surface area contributed by atoms with Gasteiger partial charge in [-0.3, -0.25) is 0 Å². The minimum atomic E-state index is -0.865. The van der Waals surface area contributed by atoms with Crippen LogP contribution >= 0.6 is 11.6 Å². The lowest BCUT2D eigenvalue weighted by Crippen LogP contribution is -2.21. The van der Waals surface area contributed by atoms with Gasteiger partial charge in [0.25, 0.3) is 0 Å². The Kier molecular flexibility index (Phi) is 4.85. The molecule has 8 heteroatoms. The van der Waals surface area contributed by atoms with E-state index in [-0.39, 0.29) is 17.6 Å². The first kappa shape index (κ1) is 17.2. The van der Waals surface area contributed by atoms with Gasteiger partial charge >= 0.3 is 11.9 Å². The first-order valence-corrected chi connectivity index (χ1v) is 7.90. The van der Waals surface area contributed by atoms with Crippen molar-refractivity contribution >= 4 is 29.6 Å². The lowest BCUT2D eigenvalue weighted by molar-refractivity contribution is -0.156. The topological polar surface area (TPSA) is 70.4 Å². The number of aromatic nitrogens is 2. The van der Waals surface area contributed by atoms with Crippen LogP contribution in [0.15, 0.2) is 30.3 Å². The number of aryl methyl sites for hydroxylation is 1. The second-order valence-corrected chi connectivity index (χ2v) is 5.75. The molecule has 0 spiro atoms. The van der Waals surface area contributed by atoms with Gasteiger partial charge < -0.3 is 9.47 Å². The van der Waals surface area contributed by atoms with Crippen molar-refractivity contribution in [2.75, 3.05) is 6.61 Å². The van der Waals surface area contributed by atoms with Crippen molar-refractivity contribution in [3.05, 3.63) is 52.6 Å². The van der Waals surface area contributed by atoms with Crippen molar-refractivity contribution in [2.45, 2.75) is 19.4 Å². The van der Waals surface area contributed by atoms with Gasteiger partial charge in [-0.15, -0.1) is 0 Å². The normalized spacial score (nSPS) is 17.1. The van der Waals surface area contributed by atoms with E-state index >= 15 is 0 Å². The number of esters is 2. The molecule has 1 aliphatic heterocycles. The van der Waals surface area contributed by atoms with Gasteiger partial charge in [-0.2, -0.15) is 5.10 Å². The summed E-state index contributed by atoms with van der Waals surface area (Å²) in [5.41, 5.74) is 1.70. The standard InChI is InChI=1S/C17H14ClFN2O4/c1-10-13(6-7-15(22)25-14-8-9-24-17(14)23)16(18)21(20-10)12-4-2-11(19)3-5-12/h2-7,14H,8-9H2,1H3/b7-6+/t14-/m1/s1. The van der Waals surface area contributed by atoms with Gasteiger partial charge in [0.15, 0.2) is 0 Å². The zero-order chi connectivity index (χ0) is 18.0. The molecule has 1 aromatic heterocycles. The number of halogens is 2.